The van der Waals surface area contributed by atoms with Crippen molar-refractivity contribution >= 4 is 17.9 Å². The van der Waals surface area contributed by atoms with E-state index in [9.17, 15) is 4.79 Å². The van der Waals surface area contributed by atoms with Crippen molar-refractivity contribution in [3.05, 3.63) is 47.7 Å². The van der Waals surface area contributed by atoms with Gasteiger partial charge in [-0.25, -0.2) is 9.78 Å². The van der Waals surface area contributed by atoms with Crippen molar-refractivity contribution in [3.63, 3.8) is 0 Å². The van der Waals surface area contributed by atoms with E-state index < -0.39 is 5.54 Å². The number of carbonyl (C=O) groups is 1. The summed E-state index contributed by atoms with van der Waals surface area (Å²) in [4.78, 5) is 25.1. The number of rotatable bonds is 6. The molecule has 0 aliphatic carbocycles. The number of aromatic nitrogens is 2. The zero-order chi connectivity index (χ0) is 21.1. The molecule has 1 amide bonds. The molecule has 2 aromatic rings. The van der Waals surface area contributed by atoms with E-state index in [1.54, 1.807) is 17.2 Å². The average molecular weight is 411 g/mol. The maximum absolute atomic E-state index is 12.1. The van der Waals surface area contributed by atoms with Gasteiger partial charge in [0.25, 0.3) is 0 Å². The molecule has 0 bridgehead atoms. The van der Waals surface area contributed by atoms with Gasteiger partial charge in [-0.1, -0.05) is 24.3 Å². The number of amides is 1. The van der Waals surface area contributed by atoms with Crippen molar-refractivity contribution in [2.45, 2.75) is 38.9 Å². The quantitative estimate of drug-likeness (QED) is 0.758. The maximum Gasteiger partial charge on any atom is 0.416 e. The third-order valence-electron chi connectivity index (χ3n) is 5.65. The van der Waals surface area contributed by atoms with E-state index in [1.807, 2.05) is 13.8 Å². The third-order valence-corrected chi connectivity index (χ3v) is 5.65. The number of piperazine rings is 1. The fourth-order valence-corrected chi connectivity index (χ4v) is 3.88. The van der Waals surface area contributed by atoms with E-state index in [-0.39, 0.29) is 12.1 Å². The van der Waals surface area contributed by atoms with Crippen LogP contribution in [-0.4, -0.2) is 59.3 Å². The fourth-order valence-electron chi connectivity index (χ4n) is 3.88. The second kappa shape index (κ2) is 8.57. The molecule has 0 spiro atoms. The number of nitrogens with one attached hydrogen (secondary N) is 2. The molecular formula is C22H30N6O2. The molecule has 2 aliphatic heterocycles. The Morgan fingerprint density at radius 3 is 2.60 bits per heavy atom. The van der Waals surface area contributed by atoms with Crippen LogP contribution in [0.15, 0.2) is 36.5 Å². The van der Waals surface area contributed by atoms with Crippen molar-refractivity contribution in [2.24, 2.45) is 0 Å². The predicted octanol–water partition coefficient (Wildman–Crippen LogP) is 2.79. The number of hydrogen-bond donors (Lipinski definition) is 2. The molecule has 0 radical (unpaired) electrons. The summed E-state index contributed by atoms with van der Waals surface area (Å²) in [5.74, 6) is 1.03. The first kappa shape index (κ1) is 20.6. The first-order valence-corrected chi connectivity index (χ1v) is 10.5. The van der Waals surface area contributed by atoms with Crippen LogP contribution < -0.4 is 15.5 Å². The van der Waals surface area contributed by atoms with Crippen LogP contribution in [0.5, 0.6) is 0 Å². The van der Waals surface area contributed by atoms with Crippen LogP contribution in [0.3, 0.4) is 0 Å². The Morgan fingerprint density at radius 1 is 1.20 bits per heavy atom. The Labute approximate surface area is 177 Å². The minimum atomic E-state index is -0.436. The summed E-state index contributed by atoms with van der Waals surface area (Å²) in [5.41, 5.74) is 2.05. The van der Waals surface area contributed by atoms with Gasteiger partial charge in [-0.2, -0.15) is 4.98 Å². The summed E-state index contributed by atoms with van der Waals surface area (Å²) in [6, 6.07) is 10.5. The lowest BCUT2D eigenvalue weighted by Gasteiger charge is -2.27. The number of hydrogen-bond acceptors (Lipinski definition) is 7. The summed E-state index contributed by atoms with van der Waals surface area (Å²) >= 11 is 0. The normalized spacial score (nSPS) is 20.1. The molecule has 8 nitrogen and oxygen atoms in total. The highest BCUT2D eigenvalue weighted by Gasteiger charge is 2.41. The highest BCUT2D eigenvalue weighted by Crippen LogP contribution is 2.29. The molecule has 2 saturated heterocycles. The van der Waals surface area contributed by atoms with Crippen molar-refractivity contribution in [1.29, 1.82) is 0 Å². The third kappa shape index (κ3) is 4.55. The minimum Gasteiger partial charge on any atom is -0.447 e. The van der Waals surface area contributed by atoms with Crippen LogP contribution in [-0.2, 0) is 11.3 Å². The van der Waals surface area contributed by atoms with Crippen LogP contribution in [0.4, 0.5) is 16.6 Å². The van der Waals surface area contributed by atoms with Crippen LogP contribution in [0.2, 0.25) is 0 Å². The zero-order valence-electron chi connectivity index (χ0n) is 17.9. The molecule has 1 aromatic carbocycles. The van der Waals surface area contributed by atoms with E-state index in [0.29, 0.717) is 18.4 Å². The molecule has 1 aromatic heterocycles. The number of carbonyl (C=O) groups excluding carboxylic acids is 1. The number of nitrogens with zero attached hydrogens (tertiary/aromatic N) is 4. The second-order valence-electron chi connectivity index (χ2n) is 8.57. The predicted molar refractivity (Wildman–Crippen MR) is 117 cm³/mol. The first-order chi connectivity index (χ1) is 14.4. The summed E-state index contributed by atoms with van der Waals surface area (Å²) in [6.07, 6.45) is 1.29. The Hall–Kier alpha value is -2.71. The average Bonchev–Trinajstić information content (AvgIpc) is 3.02. The van der Waals surface area contributed by atoms with Crippen molar-refractivity contribution in [2.75, 3.05) is 43.0 Å². The van der Waals surface area contributed by atoms with Gasteiger partial charge in [0.2, 0.25) is 5.95 Å². The Kier molecular flexibility index (Phi) is 5.87. The van der Waals surface area contributed by atoms with Gasteiger partial charge in [0.1, 0.15) is 12.4 Å². The molecule has 160 valence electrons. The molecule has 1 atom stereocenters. The molecule has 0 saturated carbocycles. The monoisotopic (exact) mass is 410 g/mol. The standard InChI is InChI=1S/C22H30N6O2/c1-16(18-6-4-17(5-7-18)14-27-12-10-23-11-13-27)25-20-24-9-8-19(26-20)28-21(29)30-15-22(28,2)3/h4-9,16,23H,10-15H2,1-3H3,(H,24,25,26)/t16-/m0/s1. The molecule has 3 heterocycles. The van der Waals surface area contributed by atoms with E-state index >= 15 is 0 Å². The Balaban J connectivity index is 1.41. The minimum absolute atomic E-state index is 0.0343. The Bertz CT molecular complexity index is 879. The summed E-state index contributed by atoms with van der Waals surface area (Å²) in [6.45, 7) is 11.6. The number of ether oxygens (including phenoxy) is 1. The van der Waals surface area contributed by atoms with Gasteiger partial charge in [0.05, 0.1) is 11.6 Å². The van der Waals surface area contributed by atoms with Crippen molar-refractivity contribution < 1.29 is 9.53 Å². The second-order valence-corrected chi connectivity index (χ2v) is 8.57. The zero-order valence-corrected chi connectivity index (χ0v) is 17.9. The van der Waals surface area contributed by atoms with Gasteiger partial charge >= 0.3 is 6.09 Å². The van der Waals surface area contributed by atoms with Gasteiger partial charge < -0.3 is 15.4 Å². The highest BCUT2D eigenvalue weighted by molar-refractivity contribution is 5.90. The van der Waals surface area contributed by atoms with Gasteiger partial charge in [-0.3, -0.25) is 9.80 Å². The molecule has 8 heteroatoms. The number of benzene rings is 1. The van der Waals surface area contributed by atoms with Crippen LogP contribution >= 0.6 is 0 Å². The molecule has 4 rings (SSSR count). The summed E-state index contributed by atoms with van der Waals surface area (Å²) < 4.78 is 5.19. The summed E-state index contributed by atoms with van der Waals surface area (Å²) in [7, 11) is 0. The van der Waals surface area contributed by atoms with Gasteiger partial charge in [0.15, 0.2) is 0 Å². The van der Waals surface area contributed by atoms with E-state index in [2.05, 4.69) is 56.7 Å². The van der Waals surface area contributed by atoms with Crippen molar-refractivity contribution in [1.82, 2.24) is 20.2 Å². The van der Waals surface area contributed by atoms with Gasteiger partial charge in [-0.05, 0) is 38.0 Å². The molecular weight excluding hydrogens is 380 g/mol. The van der Waals surface area contributed by atoms with Gasteiger partial charge in [-0.15, -0.1) is 0 Å². The largest absolute Gasteiger partial charge is 0.447 e. The topological polar surface area (TPSA) is 82.6 Å². The van der Waals surface area contributed by atoms with Crippen LogP contribution in [0.25, 0.3) is 0 Å². The molecule has 2 fully saturated rings. The molecule has 2 N–H and O–H groups in total. The molecule has 0 unspecified atom stereocenters. The number of anilines is 2. The Morgan fingerprint density at radius 2 is 1.93 bits per heavy atom. The first-order valence-electron chi connectivity index (χ1n) is 10.5. The van der Waals surface area contributed by atoms with E-state index in [4.69, 9.17) is 4.74 Å². The summed E-state index contributed by atoms with van der Waals surface area (Å²) in [5, 5.41) is 6.73. The van der Waals surface area contributed by atoms with E-state index in [1.165, 1.54) is 5.56 Å². The van der Waals surface area contributed by atoms with Crippen molar-refractivity contribution in [3.8, 4) is 0 Å². The van der Waals surface area contributed by atoms with E-state index in [0.717, 1.165) is 38.3 Å². The number of cyclic esters (lactones) is 1. The van der Waals surface area contributed by atoms with Gasteiger partial charge in [0, 0.05) is 38.9 Å². The SMILES string of the molecule is C[C@H](Nc1nccc(N2C(=O)OCC2(C)C)n1)c1ccc(CN2CCNCC2)cc1. The lowest BCUT2D eigenvalue weighted by atomic mass is 10.1. The molecule has 2 aliphatic rings. The lowest BCUT2D eigenvalue weighted by molar-refractivity contribution is 0.175. The smallest absolute Gasteiger partial charge is 0.416 e. The highest BCUT2D eigenvalue weighted by atomic mass is 16.6. The van der Waals surface area contributed by atoms with Crippen LogP contribution in [0, 0.1) is 0 Å². The molecule has 30 heavy (non-hydrogen) atoms. The fraction of sp³-hybridized carbons (Fsp3) is 0.500. The maximum atomic E-state index is 12.1. The van der Waals surface area contributed by atoms with Crippen LogP contribution in [0.1, 0.15) is 37.9 Å². The lowest BCUT2D eigenvalue weighted by Crippen LogP contribution is -2.42.